The van der Waals surface area contributed by atoms with E-state index >= 15 is 0 Å². The Bertz CT molecular complexity index is 627. The maximum absolute atomic E-state index is 13.3. The monoisotopic (exact) mass is 319 g/mol. The zero-order valence-corrected chi connectivity index (χ0v) is 12.8. The van der Waals surface area contributed by atoms with Crippen LogP contribution in [0.25, 0.3) is 0 Å². The lowest BCUT2D eigenvalue weighted by atomic mass is 10.1. The summed E-state index contributed by atoms with van der Waals surface area (Å²) in [5.74, 6) is -2.52. The van der Waals surface area contributed by atoms with Crippen LogP contribution in [0.2, 0.25) is 0 Å². The summed E-state index contributed by atoms with van der Waals surface area (Å²) in [6, 6.07) is 2.61. The molecule has 0 amide bonds. The van der Waals surface area contributed by atoms with Gasteiger partial charge in [-0.25, -0.2) is 22.3 Å². The van der Waals surface area contributed by atoms with E-state index < -0.39 is 33.0 Å². The molecule has 0 aliphatic carbocycles. The molecule has 2 N–H and O–H groups in total. The Hall–Kier alpha value is -1.51. The van der Waals surface area contributed by atoms with E-state index in [4.69, 9.17) is 9.84 Å². The number of benzene rings is 1. The van der Waals surface area contributed by atoms with Crippen molar-refractivity contribution in [3.63, 3.8) is 0 Å². The lowest BCUT2D eigenvalue weighted by Gasteiger charge is -2.24. The summed E-state index contributed by atoms with van der Waals surface area (Å²) in [5, 5.41) is 8.81. The minimum absolute atomic E-state index is 0.00293. The van der Waals surface area contributed by atoms with Gasteiger partial charge >= 0.3 is 5.97 Å². The molecule has 0 heterocycles. The molecule has 0 saturated heterocycles. The minimum atomic E-state index is -3.94. The maximum atomic E-state index is 13.3. The van der Waals surface area contributed by atoms with Crippen molar-refractivity contribution in [3.05, 3.63) is 29.6 Å². The third-order valence-electron chi connectivity index (χ3n) is 2.70. The van der Waals surface area contributed by atoms with E-state index in [-0.39, 0.29) is 11.4 Å². The van der Waals surface area contributed by atoms with Gasteiger partial charge in [-0.1, -0.05) is 0 Å². The lowest BCUT2D eigenvalue weighted by Crippen LogP contribution is -2.40. The van der Waals surface area contributed by atoms with E-state index in [0.717, 1.165) is 18.2 Å². The van der Waals surface area contributed by atoms with Crippen molar-refractivity contribution in [2.24, 2.45) is 0 Å². The largest absolute Gasteiger partial charge is 0.478 e. The van der Waals surface area contributed by atoms with Crippen LogP contribution >= 0.6 is 0 Å². The number of ether oxygens (including phenoxy) is 1. The van der Waals surface area contributed by atoms with Gasteiger partial charge in [-0.2, -0.15) is 0 Å². The highest BCUT2D eigenvalue weighted by atomic mass is 32.2. The van der Waals surface area contributed by atoms with E-state index in [9.17, 15) is 17.6 Å². The number of rotatable bonds is 7. The van der Waals surface area contributed by atoms with Crippen LogP contribution in [0.15, 0.2) is 23.1 Å². The highest BCUT2D eigenvalue weighted by Crippen LogP contribution is 2.16. The fraction of sp³-hybridized carbons (Fsp3) is 0.462. The van der Waals surface area contributed by atoms with Crippen molar-refractivity contribution in [3.8, 4) is 0 Å². The van der Waals surface area contributed by atoms with Crippen molar-refractivity contribution in [1.82, 2.24) is 4.72 Å². The molecule has 0 radical (unpaired) electrons. The molecule has 21 heavy (non-hydrogen) atoms. The summed E-state index contributed by atoms with van der Waals surface area (Å²) in [7, 11) is -3.94. The van der Waals surface area contributed by atoms with Crippen molar-refractivity contribution in [1.29, 1.82) is 0 Å². The highest BCUT2D eigenvalue weighted by Gasteiger charge is 2.24. The Morgan fingerprint density at radius 1 is 1.43 bits per heavy atom. The van der Waals surface area contributed by atoms with Crippen LogP contribution in [0.4, 0.5) is 4.39 Å². The Kier molecular flexibility index (Phi) is 5.43. The first-order valence-corrected chi connectivity index (χ1v) is 7.74. The zero-order chi connectivity index (χ0) is 16.3. The number of carbonyl (C=O) groups is 1. The highest BCUT2D eigenvalue weighted by molar-refractivity contribution is 7.89. The normalized spacial score (nSPS) is 12.4. The first-order valence-electron chi connectivity index (χ1n) is 6.25. The molecule has 1 aromatic carbocycles. The van der Waals surface area contributed by atoms with Gasteiger partial charge in [-0.15, -0.1) is 0 Å². The Balaban J connectivity index is 2.99. The molecule has 0 aliphatic heterocycles. The molecular weight excluding hydrogens is 301 g/mol. The molecule has 8 heteroatoms. The summed E-state index contributed by atoms with van der Waals surface area (Å²) in [4.78, 5) is 10.5. The van der Waals surface area contributed by atoms with Gasteiger partial charge in [0.1, 0.15) is 5.82 Å². The zero-order valence-electron chi connectivity index (χ0n) is 12.0. The van der Waals surface area contributed by atoms with Gasteiger partial charge in [0.15, 0.2) is 0 Å². The number of carboxylic acid groups (broad SMARTS) is 1. The molecule has 118 valence electrons. The molecule has 0 atom stereocenters. The van der Waals surface area contributed by atoms with Gasteiger partial charge in [0.25, 0.3) is 0 Å². The molecule has 1 rings (SSSR count). The molecule has 0 spiro atoms. The molecular formula is C13H18FNO5S. The smallest absolute Gasteiger partial charge is 0.338 e. The predicted molar refractivity (Wildman–Crippen MR) is 74.3 cm³/mol. The van der Waals surface area contributed by atoms with E-state index in [1.807, 2.05) is 0 Å². The van der Waals surface area contributed by atoms with Crippen LogP contribution in [0.5, 0.6) is 0 Å². The van der Waals surface area contributed by atoms with Gasteiger partial charge in [-0.3, -0.25) is 0 Å². The van der Waals surface area contributed by atoms with Gasteiger partial charge in [-0.05, 0) is 39.0 Å². The lowest BCUT2D eigenvalue weighted by molar-refractivity contribution is -0.00515. The number of hydrogen-bond donors (Lipinski definition) is 2. The van der Waals surface area contributed by atoms with E-state index in [1.165, 1.54) is 0 Å². The van der Waals surface area contributed by atoms with Gasteiger partial charge in [0, 0.05) is 13.2 Å². The van der Waals surface area contributed by atoms with Crippen LogP contribution in [0.3, 0.4) is 0 Å². The van der Waals surface area contributed by atoms with E-state index in [0.29, 0.717) is 6.61 Å². The van der Waals surface area contributed by atoms with E-state index in [1.54, 1.807) is 20.8 Å². The topological polar surface area (TPSA) is 92.7 Å². The molecule has 6 nitrogen and oxygen atoms in total. The fourth-order valence-electron chi connectivity index (χ4n) is 1.63. The number of halogens is 1. The second-order valence-electron chi connectivity index (χ2n) is 4.96. The van der Waals surface area contributed by atoms with Crippen molar-refractivity contribution < 1.29 is 27.4 Å². The van der Waals surface area contributed by atoms with Crippen molar-refractivity contribution >= 4 is 16.0 Å². The fourth-order valence-corrected chi connectivity index (χ4v) is 2.85. The Morgan fingerprint density at radius 3 is 2.57 bits per heavy atom. The quantitative estimate of drug-likeness (QED) is 0.796. The minimum Gasteiger partial charge on any atom is -0.478 e. The van der Waals surface area contributed by atoms with Gasteiger partial charge in [0.05, 0.1) is 16.1 Å². The molecule has 1 aromatic rings. The van der Waals surface area contributed by atoms with Crippen LogP contribution in [0, 0.1) is 5.82 Å². The second kappa shape index (κ2) is 6.50. The average Bonchev–Trinajstić information content (AvgIpc) is 2.36. The predicted octanol–water partition coefficient (Wildman–Crippen LogP) is 1.62. The third kappa shape index (κ3) is 4.76. The summed E-state index contributed by atoms with van der Waals surface area (Å²) in [6.45, 7) is 5.64. The Morgan fingerprint density at radius 2 is 2.05 bits per heavy atom. The van der Waals surface area contributed by atoms with Crippen LogP contribution in [-0.2, 0) is 14.8 Å². The standard InChI is InChI=1S/C13H18FNO5S/c1-4-20-13(2,3)8-15-21(18,19)9-5-6-11(14)10(7-9)12(16)17/h5-7,15H,4,8H2,1-3H3,(H,16,17). The van der Waals surface area contributed by atoms with Gasteiger partial charge < -0.3 is 9.84 Å². The van der Waals surface area contributed by atoms with Crippen LogP contribution in [0.1, 0.15) is 31.1 Å². The number of hydrogen-bond acceptors (Lipinski definition) is 4. The van der Waals surface area contributed by atoms with Crippen molar-refractivity contribution in [2.45, 2.75) is 31.3 Å². The SMILES string of the molecule is CCOC(C)(C)CNS(=O)(=O)c1ccc(F)c(C(=O)O)c1. The van der Waals surface area contributed by atoms with Gasteiger partial charge in [0.2, 0.25) is 10.0 Å². The first kappa shape index (κ1) is 17.5. The molecule has 0 aromatic heterocycles. The summed E-state index contributed by atoms with van der Waals surface area (Å²) in [5.41, 5.74) is -1.40. The number of aromatic carboxylic acids is 1. The Labute approximate surface area is 123 Å². The molecule has 0 fully saturated rings. The average molecular weight is 319 g/mol. The number of sulfonamides is 1. The second-order valence-corrected chi connectivity index (χ2v) is 6.73. The maximum Gasteiger partial charge on any atom is 0.338 e. The number of nitrogens with one attached hydrogen (secondary N) is 1. The molecule has 0 bridgehead atoms. The summed E-state index contributed by atoms with van der Waals surface area (Å²) < 4.78 is 45.1. The third-order valence-corrected chi connectivity index (χ3v) is 4.10. The number of carboxylic acids is 1. The van der Waals surface area contributed by atoms with Crippen LogP contribution in [-0.4, -0.2) is 38.2 Å². The molecule has 0 saturated carbocycles. The molecule has 0 unspecified atom stereocenters. The van der Waals surface area contributed by atoms with Crippen molar-refractivity contribution in [2.75, 3.05) is 13.2 Å². The summed E-state index contributed by atoms with van der Waals surface area (Å²) >= 11 is 0. The molecule has 0 aliphatic rings. The van der Waals surface area contributed by atoms with E-state index in [2.05, 4.69) is 4.72 Å². The van der Waals surface area contributed by atoms with Crippen LogP contribution < -0.4 is 4.72 Å². The first-order chi connectivity index (χ1) is 9.59. The summed E-state index contributed by atoms with van der Waals surface area (Å²) in [6.07, 6.45) is 0.